The van der Waals surface area contributed by atoms with Gasteiger partial charge in [0, 0.05) is 0 Å². The van der Waals surface area contributed by atoms with E-state index in [4.69, 9.17) is 21.2 Å². The summed E-state index contributed by atoms with van der Waals surface area (Å²) in [6, 6.07) is 10.9. The van der Waals surface area contributed by atoms with E-state index in [1.165, 1.54) is 16.3 Å². The molecule has 0 bridgehead atoms. The summed E-state index contributed by atoms with van der Waals surface area (Å²) in [5.41, 5.74) is 2.60. The van der Waals surface area contributed by atoms with Crippen molar-refractivity contribution in [3.63, 3.8) is 0 Å². The zero-order valence-electron chi connectivity index (χ0n) is 12.1. The maximum absolute atomic E-state index is 12.8. The van der Waals surface area contributed by atoms with Gasteiger partial charge in [-0.05, 0) is 24.3 Å². The Morgan fingerprint density at radius 2 is 1.88 bits per heavy atom. The van der Waals surface area contributed by atoms with Crippen LogP contribution in [0.25, 0.3) is 27.7 Å². The minimum absolute atomic E-state index is 0.343. The number of hydrogen-bond acceptors (Lipinski definition) is 4. The van der Waals surface area contributed by atoms with Crippen molar-refractivity contribution in [1.29, 1.82) is 0 Å². The Morgan fingerprint density at radius 3 is 2.62 bits per heavy atom. The number of hydrogen-bond donors (Lipinski definition) is 2. The van der Waals surface area contributed by atoms with E-state index < -0.39 is 11.7 Å². The first-order valence-corrected chi connectivity index (χ1v) is 7.34. The monoisotopic (exact) mass is 343 g/mol. The highest BCUT2D eigenvalue weighted by molar-refractivity contribution is 6.36. The molecule has 0 aliphatic carbocycles. The molecular weight excluding hydrogens is 334 g/mol. The van der Waals surface area contributed by atoms with Crippen molar-refractivity contribution in [2.45, 2.75) is 0 Å². The molecule has 0 radical (unpaired) electrons. The van der Waals surface area contributed by atoms with Crippen LogP contribution in [0.5, 0.6) is 0 Å². The van der Waals surface area contributed by atoms with Gasteiger partial charge in [0.25, 0.3) is 0 Å². The van der Waals surface area contributed by atoms with Gasteiger partial charge in [0.1, 0.15) is 11.8 Å². The van der Waals surface area contributed by atoms with E-state index in [0.717, 1.165) is 4.57 Å². The fourth-order valence-corrected chi connectivity index (χ4v) is 3.08. The average molecular weight is 344 g/mol. The van der Waals surface area contributed by atoms with E-state index in [0.29, 0.717) is 32.7 Å². The topological polar surface area (TPSA) is 89.4 Å². The highest BCUT2D eigenvalue weighted by Crippen LogP contribution is 2.32. The number of para-hydroxylation sites is 2. The summed E-state index contributed by atoms with van der Waals surface area (Å²) in [4.78, 5) is 24.7. The quantitative estimate of drug-likeness (QED) is 0.410. The van der Waals surface area contributed by atoms with Crippen molar-refractivity contribution in [3.05, 3.63) is 64.2 Å². The summed E-state index contributed by atoms with van der Waals surface area (Å²) in [6.45, 7) is 0. The summed E-state index contributed by atoms with van der Waals surface area (Å²) < 4.78 is 7.64. The van der Waals surface area contributed by atoms with E-state index in [2.05, 4.69) is 0 Å². The lowest BCUT2D eigenvalue weighted by Crippen LogP contribution is -2.34. The molecular formula is C16H10ClN3O4. The van der Waals surface area contributed by atoms with Gasteiger partial charge in [0.15, 0.2) is 0 Å². The number of furan rings is 1. The van der Waals surface area contributed by atoms with Gasteiger partial charge in [-0.25, -0.2) is 19.6 Å². The van der Waals surface area contributed by atoms with E-state index in [1.54, 1.807) is 42.5 Å². The van der Waals surface area contributed by atoms with Crippen molar-refractivity contribution in [3.8, 4) is 5.69 Å². The number of benzene rings is 2. The standard InChI is InChI=1S/C16H10ClN3O4/c17-9-4-3-7-13-14(9)12(8-24-13)19-10-5-1-2-6-11(10)20(16(19)22)15(21)18-23/h1-8,23H,(H,18,21). The molecule has 2 aromatic carbocycles. The van der Waals surface area contributed by atoms with Gasteiger partial charge in [-0.1, -0.05) is 29.8 Å². The molecule has 2 N–H and O–H groups in total. The van der Waals surface area contributed by atoms with Gasteiger partial charge in [0.2, 0.25) is 0 Å². The second kappa shape index (κ2) is 5.26. The van der Waals surface area contributed by atoms with Crippen LogP contribution in [-0.2, 0) is 0 Å². The minimum Gasteiger partial charge on any atom is -0.462 e. The SMILES string of the molecule is O=C(NO)n1c(=O)n(-c2coc3cccc(Cl)c23)c2ccccc21. The third-order valence-corrected chi connectivity index (χ3v) is 4.13. The molecule has 2 heterocycles. The van der Waals surface area contributed by atoms with Gasteiger partial charge < -0.3 is 4.42 Å². The second-order valence-corrected chi connectivity index (χ2v) is 5.50. The number of amides is 1. The average Bonchev–Trinajstić information content (AvgIpc) is 3.13. The number of hydroxylamine groups is 1. The maximum Gasteiger partial charge on any atom is 0.354 e. The Morgan fingerprint density at radius 1 is 1.12 bits per heavy atom. The Bertz CT molecular complexity index is 1160. The van der Waals surface area contributed by atoms with E-state index in [1.807, 2.05) is 0 Å². The summed E-state index contributed by atoms with van der Waals surface area (Å²) in [6.07, 6.45) is 1.41. The van der Waals surface area contributed by atoms with E-state index in [-0.39, 0.29) is 0 Å². The van der Waals surface area contributed by atoms with Crippen molar-refractivity contribution < 1.29 is 14.4 Å². The number of carbonyl (C=O) groups is 1. The van der Waals surface area contributed by atoms with Crippen LogP contribution < -0.4 is 11.2 Å². The third kappa shape index (κ3) is 1.89. The Balaban J connectivity index is 2.16. The molecule has 0 unspecified atom stereocenters. The third-order valence-electron chi connectivity index (χ3n) is 3.81. The molecule has 120 valence electrons. The zero-order valence-corrected chi connectivity index (χ0v) is 12.8. The number of nitrogens with one attached hydrogen (secondary N) is 1. The van der Waals surface area contributed by atoms with Crippen molar-refractivity contribution in [1.82, 2.24) is 14.6 Å². The van der Waals surface area contributed by atoms with Gasteiger partial charge in [0.05, 0.1) is 27.1 Å². The molecule has 0 aliphatic rings. The fourth-order valence-electron chi connectivity index (χ4n) is 2.82. The van der Waals surface area contributed by atoms with Crippen molar-refractivity contribution in [2.24, 2.45) is 0 Å². The van der Waals surface area contributed by atoms with Crippen LogP contribution in [0.4, 0.5) is 4.79 Å². The number of nitrogens with zero attached hydrogens (tertiary/aromatic N) is 2. The number of imidazole rings is 1. The van der Waals surface area contributed by atoms with Gasteiger partial charge in [-0.2, -0.15) is 0 Å². The molecule has 0 aliphatic heterocycles. The molecule has 24 heavy (non-hydrogen) atoms. The van der Waals surface area contributed by atoms with Crippen molar-refractivity contribution in [2.75, 3.05) is 0 Å². The summed E-state index contributed by atoms with van der Waals surface area (Å²) in [5.74, 6) is 0. The minimum atomic E-state index is -0.950. The van der Waals surface area contributed by atoms with Gasteiger partial charge in [-0.15, -0.1) is 0 Å². The molecule has 0 fully saturated rings. The Hall–Kier alpha value is -3.03. The lowest BCUT2D eigenvalue weighted by Gasteiger charge is -2.01. The predicted octanol–water partition coefficient (Wildman–Crippen LogP) is 3.14. The number of fused-ring (bicyclic) bond motifs is 2. The molecule has 0 atom stereocenters. The molecule has 4 aromatic rings. The molecule has 0 saturated carbocycles. The second-order valence-electron chi connectivity index (χ2n) is 5.09. The lowest BCUT2D eigenvalue weighted by molar-refractivity contribution is 0.163. The summed E-state index contributed by atoms with van der Waals surface area (Å²) >= 11 is 6.25. The van der Waals surface area contributed by atoms with E-state index >= 15 is 0 Å². The first-order valence-electron chi connectivity index (χ1n) is 6.96. The first-order chi connectivity index (χ1) is 11.6. The molecule has 0 spiro atoms. The molecule has 4 rings (SSSR count). The van der Waals surface area contributed by atoms with Gasteiger partial charge in [-0.3, -0.25) is 9.77 Å². The fraction of sp³-hybridized carbons (Fsp3) is 0. The van der Waals surface area contributed by atoms with Crippen molar-refractivity contribution >= 4 is 39.6 Å². The molecule has 2 aromatic heterocycles. The molecule has 1 amide bonds. The largest absolute Gasteiger partial charge is 0.462 e. The number of rotatable bonds is 1. The van der Waals surface area contributed by atoms with Crippen LogP contribution in [0.2, 0.25) is 5.02 Å². The highest BCUT2D eigenvalue weighted by Gasteiger charge is 2.22. The van der Waals surface area contributed by atoms with Crippen LogP contribution in [0.1, 0.15) is 0 Å². The van der Waals surface area contributed by atoms with Crippen LogP contribution in [-0.4, -0.2) is 20.4 Å². The van der Waals surface area contributed by atoms with Crippen LogP contribution in [0.3, 0.4) is 0 Å². The molecule has 0 saturated heterocycles. The number of aromatic nitrogens is 2. The Labute approximate surface area is 139 Å². The van der Waals surface area contributed by atoms with Crippen LogP contribution in [0, 0.1) is 0 Å². The molecule has 8 heteroatoms. The number of carbonyl (C=O) groups excluding carboxylic acids is 1. The van der Waals surface area contributed by atoms with E-state index in [9.17, 15) is 9.59 Å². The molecule has 7 nitrogen and oxygen atoms in total. The Kier molecular flexibility index (Phi) is 3.19. The predicted molar refractivity (Wildman–Crippen MR) is 88.0 cm³/mol. The lowest BCUT2D eigenvalue weighted by atomic mass is 10.2. The van der Waals surface area contributed by atoms with Crippen LogP contribution in [0.15, 0.2) is 57.9 Å². The highest BCUT2D eigenvalue weighted by atomic mass is 35.5. The number of halogens is 1. The maximum atomic E-state index is 12.8. The zero-order chi connectivity index (χ0) is 16.8. The van der Waals surface area contributed by atoms with Crippen LogP contribution >= 0.6 is 11.6 Å². The normalized spacial score (nSPS) is 11.2. The van der Waals surface area contributed by atoms with Gasteiger partial charge >= 0.3 is 11.7 Å². The summed E-state index contributed by atoms with van der Waals surface area (Å²) in [5, 5.41) is 9.91. The first kappa shape index (κ1) is 14.6. The summed E-state index contributed by atoms with van der Waals surface area (Å²) in [7, 11) is 0. The smallest absolute Gasteiger partial charge is 0.354 e.